The monoisotopic (exact) mass is 366 g/mol. The topological polar surface area (TPSA) is 94.8 Å². The fraction of sp³-hybridized carbons (Fsp3) is 0.889. The van der Waals surface area contributed by atoms with Crippen LogP contribution in [0, 0.1) is 0 Å². The van der Waals surface area contributed by atoms with E-state index in [-0.39, 0.29) is 0 Å². The molecule has 0 aromatic heterocycles. The van der Waals surface area contributed by atoms with Crippen molar-refractivity contribution in [3.8, 4) is 0 Å². The number of hydrogen-bond acceptors (Lipinski definition) is 3. The predicted octanol–water partition coefficient (Wildman–Crippen LogP) is 5.36. The van der Waals surface area contributed by atoms with Gasteiger partial charge in [-0.05, 0) is 32.1 Å². The van der Waals surface area contributed by atoms with Crippen molar-refractivity contribution >= 4 is 10.4 Å². The van der Waals surface area contributed by atoms with Gasteiger partial charge in [0.15, 0.2) is 0 Å². The van der Waals surface area contributed by atoms with Crippen molar-refractivity contribution in [3.63, 3.8) is 0 Å². The van der Waals surface area contributed by atoms with Gasteiger partial charge in [-0.1, -0.05) is 76.9 Å². The van der Waals surface area contributed by atoms with Crippen LogP contribution in [0.3, 0.4) is 0 Å². The van der Waals surface area contributed by atoms with Gasteiger partial charge in [-0.15, -0.1) is 0 Å². The molecular weight excluding hydrogens is 328 g/mol. The summed E-state index contributed by atoms with van der Waals surface area (Å²) in [6.07, 6.45) is 23.2. The van der Waals surface area contributed by atoms with Crippen molar-refractivity contribution in [2.24, 2.45) is 0 Å². The third-order valence-electron chi connectivity index (χ3n) is 3.67. The van der Waals surface area contributed by atoms with Crippen LogP contribution in [0.5, 0.6) is 0 Å². The molecule has 146 valence electrons. The Labute approximate surface area is 149 Å². The third kappa shape index (κ3) is 37.6. The van der Waals surface area contributed by atoms with E-state index in [0.717, 1.165) is 6.42 Å². The molecule has 0 rings (SSSR count). The van der Waals surface area contributed by atoms with Crippen LogP contribution in [0.2, 0.25) is 0 Å². The summed E-state index contributed by atoms with van der Waals surface area (Å²) < 4.78 is 31.6. The number of allylic oxidation sites excluding steroid dienone is 2. The lowest BCUT2D eigenvalue weighted by Crippen LogP contribution is -1.89. The first-order chi connectivity index (χ1) is 11.4. The Balaban J connectivity index is 0. The maximum absolute atomic E-state index is 8.74. The maximum Gasteiger partial charge on any atom is 0.394 e. The molecule has 0 spiro atoms. The van der Waals surface area contributed by atoms with E-state index in [2.05, 4.69) is 19.1 Å². The molecule has 0 unspecified atom stereocenters. The highest BCUT2D eigenvalue weighted by Gasteiger charge is 1.90. The van der Waals surface area contributed by atoms with Crippen molar-refractivity contribution < 1.29 is 22.6 Å². The lowest BCUT2D eigenvalue weighted by Gasteiger charge is -1.99. The second-order valence-corrected chi connectivity index (χ2v) is 7.00. The van der Waals surface area contributed by atoms with Gasteiger partial charge in [0.05, 0.1) is 0 Å². The summed E-state index contributed by atoms with van der Waals surface area (Å²) in [6.45, 7) is 2.64. The predicted molar refractivity (Wildman–Crippen MR) is 101 cm³/mol. The summed E-state index contributed by atoms with van der Waals surface area (Å²) in [6, 6.07) is 0. The van der Waals surface area contributed by atoms with Crippen molar-refractivity contribution in [2.45, 2.75) is 96.8 Å². The minimum atomic E-state index is -4.67. The van der Waals surface area contributed by atoms with Crippen molar-refractivity contribution in [1.29, 1.82) is 0 Å². The van der Waals surface area contributed by atoms with Crippen molar-refractivity contribution in [3.05, 3.63) is 12.2 Å². The summed E-state index contributed by atoms with van der Waals surface area (Å²) >= 11 is 0. The number of rotatable bonds is 15. The van der Waals surface area contributed by atoms with Crippen molar-refractivity contribution in [2.75, 3.05) is 6.61 Å². The fourth-order valence-corrected chi connectivity index (χ4v) is 2.36. The summed E-state index contributed by atoms with van der Waals surface area (Å²) in [5, 5.41) is 8.66. The van der Waals surface area contributed by atoms with E-state index < -0.39 is 10.4 Å². The second kappa shape index (κ2) is 20.6. The molecule has 0 aromatic rings. The average Bonchev–Trinajstić information content (AvgIpc) is 2.49. The maximum atomic E-state index is 8.74. The molecule has 0 saturated heterocycles. The standard InChI is InChI=1S/C18H36O.H2O4S/c1-2-3-4-5-6-7-8-9-10-11-12-13-14-15-16-17-18-19;1-5(2,3)4/h9-10,19H,2-8,11-18H2,1H3;(H2,1,2,3,4)/b10-9-;. The molecule has 0 aliphatic rings. The van der Waals surface area contributed by atoms with Crippen molar-refractivity contribution in [1.82, 2.24) is 0 Å². The smallest absolute Gasteiger partial charge is 0.394 e. The zero-order valence-electron chi connectivity index (χ0n) is 15.3. The molecule has 0 saturated carbocycles. The molecule has 3 N–H and O–H groups in total. The molecule has 0 radical (unpaired) electrons. The Bertz CT molecular complexity index is 344. The Kier molecular flexibility index (Phi) is 22.2. The van der Waals surface area contributed by atoms with Gasteiger partial charge >= 0.3 is 10.4 Å². The molecule has 24 heavy (non-hydrogen) atoms. The van der Waals surface area contributed by atoms with E-state index in [1.165, 1.54) is 83.5 Å². The van der Waals surface area contributed by atoms with Crippen LogP contribution < -0.4 is 0 Å². The lowest BCUT2D eigenvalue weighted by atomic mass is 10.1. The normalized spacial score (nSPS) is 11.5. The van der Waals surface area contributed by atoms with Crippen LogP contribution in [0.25, 0.3) is 0 Å². The number of aliphatic hydroxyl groups excluding tert-OH is 1. The number of hydrogen-bond donors (Lipinski definition) is 3. The average molecular weight is 367 g/mol. The van der Waals surface area contributed by atoms with Gasteiger partial charge in [0.25, 0.3) is 0 Å². The van der Waals surface area contributed by atoms with Gasteiger partial charge in [0.2, 0.25) is 0 Å². The van der Waals surface area contributed by atoms with Gasteiger partial charge in [-0.2, -0.15) is 8.42 Å². The van der Waals surface area contributed by atoms with E-state index in [4.69, 9.17) is 22.6 Å². The lowest BCUT2D eigenvalue weighted by molar-refractivity contribution is 0.282. The first-order valence-electron chi connectivity index (χ1n) is 9.37. The molecule has 0 aliphatic carbocycles. The summed E-state index contributed by atoms with van der Waals surface area (Å²) in [7, 11) is -4.67. The Morgan fingerprint density at radius 1 is 0.667 bits per heavy atom. The zero-order valence-corrected chi connectivity index (χ0v) is 16.1. The molecule has 0 aliphatic heterocycles. The molecule has 0 amide bonds. The fourth-order valence-electron chi connectivity index (χ4n) is 2.36. The molecule has 0 fully saturated rings. The van der Waals surface area contributed by atoms with E-state index in [1.807, 2.05) is 0 Å². The zero-order chi connectivity index (χ0) is 18.5. The molecular formula is C18H38O5S. The number of unbranched alkanes of at least 4 members (excludes halogenated alkanes) is 12. The van der Waals surface area contributed by atoms with Gasteiger partial charge in [-0.3, -0.25) is 9.11 Å². The molecule has 6 heteroatoms. The summed E-state index contributed by atoms with van der Waals surface area (Å²) in [4.78, 5) is 0. The van der Waals surface area contributed by atoms with Crippen LogP contribution >= 0.6 is 0 Å². The van der Waals surface area contributed by atoms with Crippen LogP contribution in [0.15, 0.2) is 12.2 Å². The molecule has 0 atom stereocenters. The summed E-state index contributed by atoms with van der Waals surface area (Å²) in [5.41, 5.74) is 0. The Hall–Kier alpha value is -0.430. The second-order valence-electron chi connectivity index (χ2n) is 6.11. The molecule has 0 bridgehead atoms. The first-order valence-corrected chi connectivity index (χ1v) is 10.8. The van der Waals surface area contributed by atoms with E-state index >= 15 is 0 Å². The van der Waals surface area contributed by atoms with Gasteiger partial charge in [0.1, 0.15) is 0 Å². The third-order valence-corrected chi connectivity index (χ3v) is 3.67. The van der Waals surface area contributed by atoms with E-state index in [0.29, 0.717) is 6.61 Å². The Morgan fingerprint density at radius 3 is 1.38 bits per heavy atom. The minimum absolute atomic E-state index is 0.362. The van der Waals surface area contributed by atoms with Crippen LogP contribution in [0.1, 0.15) is 96.8 Å². The van der Waals surface area contributed by atoms with Gasteiger partial charge < -0.3 is 5.11 Å². The largest absolute Gasteiger partial charge is 0.396 e. The first kappa shape index (κ1) is 25.8. The van der Waals surface area contributed by atoms with E-state index in [1.54, 1.807) is 0 Å². The number of aliphatic hydroxyl groups is 1. The van der Waals surface area contributed by atoms with Crippen LogP contribution in [0.4, 0.5) is 0 Å². The SMILES string of the molecule is CCCCCCCC/C=C\CCCCCCCCO.O=S(=O)(O)O. The molecule has 0 heterocycles. The van der Waals surface area contributed by atoms with Crippen LogP contribution in [-0.4, -0.2) is 29.2 Å². The highest BCUT2D eigenvalue weighted by atomic mass is 32.3. The molecule has 0 aromatic carbocycles. The quantitative estimate of drug-likeness (QED) is 0.206. The molecule has 5 nitrogen and oxygen atoms in total. The minimum Gasteiger partial charge on any atom is -0.396 e. The summed E-state index contributed by atoms with van der Waals surface area (Å²) in [5.74, 6) is 0. The van der Waals surface area contributed by atoms with Crippen LogP contribution in [-0.2, 0) is 10.4 Å². The highest BCUT2D eigenvalue weighted by Crippen LogP contribution is 2.09. The van der Waals surface area contributed by atoms with Gasteiger partial charge in [0, 0.05) is 6.61 Å². The highest BCUT2D eigenvalue weighted by molar-refractivity contribution is 7.79. The van der Waals surface area contributed by atoms with Gasteiger partial charge in [-0.25, -0.2) is 0 Å². The Morgan fingerprint density at radius 2 is 1.00 bits per heavy atom. The van der Waals surface area contributed by atoms with E-state index in [9.17, 15) is 0 Å².